The average molecular weight is 202 g/mol. The van der Waals surface area contributed by atoms with Crippen molar-refractivity contribution in [3.05, 3.63) is 0 Å². The largest absolute Gasteiger partial charge is 0.375 e. The Bertz CT molecular complexity index is 141. The van der Waals surface area contributed by atoms with Crippen molar-refractivity contribution >= 4 is 0 Å². The van der Waals surface area contributed by atoms with Crippen molar-refractivity contribution in [2.75, 3.05) is 26.2 Å². The number of hydrogen-bond donors (Lipinski definition) is 1. The molecule has 0 rings (SSSR count). The van der Waals surface area contributed by atoms with E-state index in [1.165, 1.54) is 0 Å². The highest BCUT2D eigenvalue weighted by Gasteiger charge is 2.12. The van der Waals surface area contributed by atoms with Gasteiger partial charge >= 0.3 is 0 Å². The van der Waals surface area contributed by atoms with Crippen LogP contribution >= 0.6 is 0 Å². The van der Waals surface area contributed by atoms with Gasteiger partial charge in [0, 0.05) is 25.7 Å². The summed E-state index contributed by atoms with van der Waals surface area (Å²) in [7, 11) is 0. The molecule has 0 aromatic heterocycles. The summed E-state index contributed by atoms with van der Waals surface area (Å²) in [6.45, 7) is 14.0. The first-order chi connectivity index (χ1) is 6.37. The first-order valence-corrected chi connectivity index (χ1v) is 5.45. The van der Waals surface area contributed by atoms with E-state index in [2.05, 4.69) is 39.5 Å². The number of nitrogens with two attached hydrogens (primary N) is 1. The molecule has 0 saturated heterocycles. The lowest BCUT2D eigenvalue weighted by molar-refractivity contribution is -0.0158. The quantitative estimate of drug-likeness (QED) is 0.709. The molecule has 0 aliphatic carbocycles. The Kier molecular flexibility index (Phi) is 6.33. The van der Waals surface area contributed by atoms with Gasteiger partial charge in [0.1, 0.15) is 0 Å². The maximum atomic E-state index is 5.67. The van der Waals surface area contributed by atoms with Crippen molar-refractivity contribution in [2.24, 2.45) is 5.73 Å². The van der Waals surface area contributed by atoms with Crippen molar-refractivity contribution < 1.29 is 4.74 Å². The van der Waals surface area contributed by atoms with Gasteiger partial charge in [-0.3, -0.25) is 4.90 Å². The van der Waals surface area contributed by atoms with E-state index in [-0.39, 0.29) is 5.60 Å². The summed E-state index contributed by atoms with van der Waals surface area (Å²) in [4.78, 5) is 2.34. The third kappa shape index (κ3) is 7.30. The van der Waals surface area contributed by atoms with Gasteiger partial charge in [0.25, 0.3) is 0 Å². The van der Waals surface area contributed by atoms with Crippen LogP contribution in [0.4, 0.5) is 0 Å². The predicted molar refractivity (Wildman–Crippen MR) is 61.5 cm³/mol. The second kappa shape index (κ2) is 6.38. The maximum absolute atomic E-state index is 5.67. The number of ether oxygens (including phenoxy) is 1. The van der Waals surface area contributed by atoms with Crippen LogP contribution in [0.2, 0.25) is 0 Å². The molecule has 86 valence electrons. The molecule has 0 amide bonds. The van der Waals surface area contributed by atoms with Gasteiger partial charge in [0.2, 0.25) is 0 Å². The van der Waals surface area contributed by atoms with E-state index in [9.17, 15) is 0 Å². The van der Waals surface area contributed by atoms with Crippen molar-refractivity contribution in [3.63, 3.8) is 0 Å². The summed E-state index contributed by atoms with van der Waals surface area (Å²) in [6.07, 6.45) is 0. The SMILES string of the molecule is CC(C)N(CCN)CCOC(C)(C)C. The molecular weight excluding hydrogens is 176 g/mol. The van der Waals surface area contributed by atoms with Crippen LogP contribution in [0.3, 0.4) is 0 Å². The molecule has 0 aromatic rings. The number of rotatable bonds is 6. The Morgan fingerprint density at radius 1 is 1.21 bits per heavy atom. The summed E-state index contributed by atoms with van der Waals surface area (Å²) < 4.78 is 5.67. The average Bonchev–Trinajstić information content (AvgIpc) is 2.00. The predicted octanol–water partition coefficient (Wildman–Crippen LogP) is 1.47. The molecule has 0 spiro atoms. The summed E-state index contributed by atoms with van der Waals surface area (Å²) in [5.41, 5.74) is 5.51. The highest BCUT2D eigenvalue weighted by Crippen LogP contribution is 2.06. The molecule has 0 aliphatic rings. The van der Waals surface area contributed by atoms with Crippen LogP contribution in [0.15, 0.2) is 0 Å². The molecular formula is C11H26N2O. The van der Waals surface area contributed by atoms with E-state index in [0.717, 1.165) is 19.7 Å². The highest BCUT2D eigenvalue weighted by atomic mass is 16.5. The minimum atomic E-state index is -0.0363. The standard InChI is InChI=1S/C11H26N2O/c1-10(2)13(7-6-12)8-9-14-11(3,4)5/h10H,6-9,12H2,1-5H3. The molecule has 0 radical (unpaired) electrons. The Morgan fingerprint density at radius 2 is 1.79 bits per heavy atom. The molecule has 2 N–H and O–H groups in total. The second-order valence-corrected chi connectivity index (χ2v) is 4.88. The zero-order valence-electron chi connectivity index (χ0n) is 10.3. The molecule has 14 heavy (non-hydrogen) atoms. The van der Waals surface area contributed by atoms with E-state index in [1.807, 2.05) is 0 Å². The molecule has 0 fully saturated rings. The number of hydrogen-bond acceptors (Lipinski definition) is 3. The van der Waals surface area contributed by atoms with E-state index in [4.69, 9.17) is 10.5 Å². The van der Waals surface area contributed by atoms with Crippen LogP contribution in [0, 0.1) is 0 Å². The lowest BCUT2D eigenvalue weighted by Gasteiger charge is -2.28. The van der Waals surface area contributed by atoms with Gasteiger partial charge in [-0.2, -0.15) is 0 Å². The fraction of sp³-hybridized carbons (Fsp3) is 1.00. The molecule has 0 bridgehead atoms. The highest BCUT2D eigenvalue weighted by molar-refractivity contribution is 4.65. The van der Waals surface area contributed by atoms with Gasteiger partial charge in [-0.15, -0.1) is 0 Å². The molecule has 0 aliphatic heterocycles. The minimum absolute atomic E-state index is 0.0363. The first-order valence-electron chi connectivity index (χ1n) is 5.45. The van der Waals surface area contributed by atoms with Crippen LogP contribution in [-0.2, 0) is 4.74 Å². The maximum Gasteiger partial charge on any atom is 0.0600 e. The van der Waals surface area contributed by atoms with Crippen LogP contribution in [-0.4, -0.2) is 42.8 Å². The van der Waals surface area contributed by atoms with E-state index < -0.39 is 0 Å². The van der Waals surface area contributed by atoms with Gasteiger partial charge < -0.3 is 10.5 Å². The normalized spacial score (nSPS) is 12.9. The summed E-state index contributed by atoms with van der Waals surface area (Å²) in [5.74, 6) is 0. The van der Waals surface area contributed by atoms with Crippen molar-refractivity contribution in [1.29, 1.82) is 0 Å². The van der Waals surface area contributed by atoms with E-state index in [0.29, 0.717) is 12.6 Å². The Labute approximate surface area is 88.6 Å². The monoisotopic (exact) mass is 202 g/mol. The Morgan fingerprint density at radius 3 is 2.14 bits per heavy atom. The van der Waals surface area contributed by atoms with Crippen LogP contribution in [0.1, 0.15) is 34.6 Å². The molecule has 3 nitrogen and oxygen atoms in total. The summed E-state index contributed by atoms with van der Waals surface area (Å²) >= 11 is 0. The molecule has 0 unspecified atom stereocenters. The third-order valence-corrected chi connectivity index (χ3v) is 2.06. The van der Waals surface area contributed by atoms with Crippen molar-refractivity contribution in [3.8, 4) is 0 Å². The van der Waals surface area contributed by atoms with Crippen LogP contribution in [0.25, 0.3) is 0 Å². The van der Waals surface area contributed by atoms with Gasteiger partial charge in [0.15, 0.2) is 0 Å². The topological polar surface area (TPSA) is 38.5 Å². The first kappa shape index (κ1) is 13.9. The molecule has 0 saturated carbocycles. The minimum Gasteiger partial charge on any atom is -0.375 e. The van der Waals surface area contributed by atoms with Crippen LogP contribution in [0.5, 0.6) is 0 Å². The van der Waals surface area contributed by atoms with Gasteiger partial charge in [-0.05, 0) is 34.6 Å². The zero-order chi connectivity index (χ0) is 11.2. The number of nitrogens with zero attached hydrogens (tertiary/aromatic N) is 1. The zero-order valence-corrected chi connectivity index (χ0v) is 10.3. The molecule has 3 heteroatoms. The smallest absolute Gasteiger partial charge is 0.0600 e. The Hall–Kier alpha value is -0.120. The molecule has 0 aromatic carbocycles. The van der Waals surface area contributed by atoms with Crippen molar-refractivity contribution in [2.45, 2.75) is 46.3 Å². The lowest BCUT2D eigenvalue weighted by atomic mass is 10.2. The van der Waals surface area contributed by atoms with Gasteiger partial charge in [-0.25, -0.2) is 0 Å². The van der Waals surface area contributed by atoms with Gasteiger partial charge in [-0.1, -0.05) is 0 Å². The fourth-order valence-corrected chi connectivity index (χ4v) is 1.26. The fourth-order valence-electron chi connectivity index (χ4n) is 1.26. The molecule has 0 atom stereocenters. The lowest BCUT2D eigenvalue weighted by Crippen LogP contribution is -2.38. The second-order valence-electron chi connectivity index (χ2n) is 4.88. The van der Waals surface area contributed by atoms with E-state index in [1.54, 1.807) is 0 Å². The third-order valence-electron chi connectivity index (χ3n) is 2.06. The summed E-state index contributed by atoms with van der Waals surface area (Å²) in [6, 6.07) is 0.544. The van der Waals surface area contributed by atoms with Gasteiger partial charge in [0.05, 0.1) is 12.2 Å². The van der Waals surface area contributed by atoms with E-state index >= 15 is 0 Å². The van der Waals surface area contributed by atoms with Crippen LogP contribution < -0.4 is 5.73 Å². The van der Waals surface area contributed by atoms with Crippen molar-refractivity contribution in [1.82, 2.24) is 4.90 Å². The molecule has 0 heterocycles. The Balaban J connectivity index is 3.72. The summed E-state index contributed by atoms with van der Waals surface area (Å²) in [5, 5.41) is 0.